The van der Waals surface area contributed by atoms with Crippen LogP contribution in [0.25, 0.3) is 0 Å². The van der Waals surface area contributed by atoms with Crippen LogP contribution in [0.3, 0.4) is 0 Å². The minimum atomic E-state index is 0.504. The smallest absolute Gasteiger partial charge is 0.0243 e. The van der Waals surface area contributed by atoms with Gasteiger partial charge in [0.1, 0.15) is 0 Å². The Hall–Kier alpha value is 0. The average Bonchev–Trinajstić information content (AvgIpc) is 3.16. The Balaban J connectivity index is 0.000000251. The first-order chi connectivity index (χ1) is 10.8. The third-order valence-corrected chi connectivity index (χ3v) is 7.11. The summed E-state index contributed by atoms with van der Waals surface area (Å²) in [6, 6.07) is 0. The minimum absolute atomic E-state index is 0.504. The molecule has 25 heavy (non-hydrogen) atoms. The molecule has 0 aromatic carbocycles. The van der Waals surface area contributed by atoms with Crippen LogP contribution in [0.2, 0.25) is 0 Å². The lowest BCUT2D eigenvalue weighted by molar-refractivity contribution is 0.141. The molecular formula is C25H50. The van der Waals surface area contributed by atoms with Crippen molar-refractivity contribution in [3.8, 4) is 0 Å². The fourth-order valence-electron chi connectivity index (χ4n) is 4.50. The molecule has 0 amide bonds. The quantitative estimate of drug-likeness (QED) is 0.476. The highest BCUT2D eigenvalue weighted by atomic mass is 14.6. The molecule has 0 aromatic rings. The molecule has 0 spiro atoms. The summed E-state index contributed by atoms with van der Waals surface area (Å²) in [6.07, 6.45) is 10.0. The third kappa shape index (κ3) is 6.91. The molecule has 2 saturated carbocycles. The van der Waals surface area contributed by atoms with E-state index in [9.17, 15) is 0 Å². The fraction of sp³-hybridized carbons (Fsp3) is 1.00. The van der Waals surface area contributed by atoms with Gasteiger partial charge in [-0.05, 0) is 77.4 Å². The third-order valence-electron chi connectivity index (χ3n) is 7.11. The maximum absolute atomic E-state index is 2.41. The Labute approximate surface area is 160 Å². The van der Waals surface area contributed by atoms with Gasteiger partial charge in [0.05, 0.1) is 0 Å². The standard InChI is InChI=1S/C13H26.C12H24/c1-11(2,3)7-8-13(9-10-13)12(4,5)6;1-10(2,3)9-12(7-8-12)11(4,5)6/h7-10H2,1-6H3;7-9H2,1-6H3. The molecule has 2 aliphatic rings. The van der Waals surface area contributed by atoms with Gasteiger partial charge in [0, 0.05) is 0 Å². The molecule has 2 rings (SSSR count). The van der Waals surface area contributed by atoms with Crippen LogP contribution in [0.15, 0.2) is 0 Å². The Morgan fingerprint density at radius 2 is 0.880 bits per heavy atom. The van der Waals surface area contributed by atoms with Crippen molar-refractivity contribution in [3.05, 3.63) is 0 Å². The van der Waals surface area contributed by atoms with Gasteiger partial charge in [0.25, 0.3) is 0 Å². The van der Waals surface area contributed by atoms with Crippen LogP contribution in [0.1, 0.15) is 128 Å². The van der Waals surface area contributed by atoms with Crippen LogP contribution in [0.4, 0.5) is 0 Å². The molecule has 2 aliphatic carbocycles. The average molecular weight is 351 g/mol. The first kappa shape index (κ1) is 23.0. The van der Waals surface area contributed by atoms with Crippen molar-refractivity contribution in [1.29, 1.82) is 0 Å². The van der Waals surface area contributed by atoms with Crippen molar-refractivity contribution in [2.24, 2.45) is 32.5 Å². The molecule has 0 aliphatic heterocycles. The van der Waals surface area contributed by atoms with Crippen molar-refractivity contribution in [2.75, 3.05) is 0 Å². The number of hydrogen-bond acceptors (Lipinski definition) is 0. The fourth-order valence-corrected chi connectivity index (χ4v) is 4.50. The number of hydrogen-bond donors (Lipinski definition) is 0. The highest BCUT2D eigenvalue weighted by Gasteiger charge is 2.53. The van der Waals surface area contributed by atoms with E-state index >= 15 is 0 Å². The highest BCUT2D eigenvalue weighted by molar-refractivity contribution is 5.03. The van der Waals surface area contributed by atoms with Crippen LogP contribution < -0.4 is 0 Å². The Kier molecular flexibility index (Phi) is 6.33. The van der Waals surface area contributed by atoms with Crippen LogP contribution in [0, 0.1) is 32.5 Å². The zero-order valence-electron chi connectivity index (χ0n) is 19.9. The van der Waals surface area contributed by atoms with Gasteiger partial charge in [0.2, 0.25) is 0 Å². The molecule has 0 unspecified atom stereocenters. The van der Waals surface area contributed by atoms with Gasteiger partial charge in [-0.25, -0.2) is 0 Å². The van der Waals surface area contributed by atoms with Gasteiger partial charge < -0.3 is 0 Å². The second-order valence-corrected chi connectivity index (χ2v) is 13.9. The van der Waals surface area contributed by atoms with Crippen molar-refractivity contribution >= 4 is 0 Å². The Morgan fingerprint density at radius 3 is 1.04 bits per heavy atom. The summed E-state index contributed by atoms with van der Waals surface area (Å²) in [4.78, 5) is 0. The van der Waals surface area contributed by atoms with Crippen LogP contribution in [-0.2, 0) is 0 Å². The van der Waals surface area contributed by atoms with E-state index in [1.807, 2.05) is 0 Å². The van der Waals surface area contributed by atoms with Crippen molar-refractivity contribution in [3.63, 3.8) is 0 Å². The molecular weight excluding hydrogens is 300 g/mol. The highest BCUT2D eigenvalue weighted by Crippen LogP contribution is 2.63. The Bertz CT molecular complexity index is 417. The van der Waals surface area contributed by atoms with Crippen molar-refractivity contribution < 1.29 is 0 Å². The Morgan fingerprint density at radius 1 is 0.520 bits per heavy atom. The van der Waals surface area contributed by atoms with E-state index in [-0.39, 0.29) is 0 Å². The molecule has 0 N–H and O–H groups in total. The summed E-state index contributed by atoms with van der Waals surface area (Å²) < 4.78 is 0. The first-order valence-corrected chi connectivity index (χ1v) is 10.8. The summed E-state index contributed by atoms with van der Waals surface area (Å²) in [5.41, 5.74) is 3.43. The molecule has 0 heteroatoms. The van der Waals surface area contributed by atoms with E-state index in [0.717, 1.165) is 0 Å². The second kappa shape index (κ2) is 6.87. The van der Waals surface area contributed by atoms with E-state index < -0.39 is 0 Å². The molecule has 0 radical (unpaired) electrons. The first-order valence-electron chi connectivity index (χ1n) is 10.8. The van der Waals surface area contributed by atoms with Crippen LogP contribution in [0.5, 0.6) is 0 Å². The zero-order valence-corrected chi connectivity index (χ0v) is 19.9. The molecule has 2 fully saturated rings. The van der Waals surface area contributed by atoms with Gasteiger partial charge in [-0.15, -0.1) is 0 Å². The molecule has 0 nitrogen and oxygen atoms in total. The summed E-state index contributed by atoms with van der Waals surface area (Å²) in [6.45, 7) is 28.5. The van der Waals surface area contributed by atoms with Crippen molar-refractivity contribution in [1.82, 2.24) is 0 Å². The van der Waals surface area contributed by atoms with E-state index in [0.29, 0.717) is 32.5 Å². The summed E-state index contributed by atoms with van der Waals surface area (Å²) in [5.74, 6) is 0. The summed E-state index contributed by atoms with van der Waals surface area (Å²) in [7, 11) is 0. The second-order valence-electron chi connectivity index (χ2n) is 13.9. The summed E-state index contributed by atoms with van der Waals surface area (Å²) >= 11 is 0. The van der Waals surface area contributed by atoms with E-state index in [4.69, 9.17) is 0 Å². The normalized spacial score (nSPS) is 22.1. The molecule has 0 atom stereocenters. The van der Waals surface area contributed by atoms with E-state index in [1.54, 1.807) is 0 Å². The van der Waals surface area contributed by atoms with Gasteiger partial charge >= 0.3 is 0 Å². The lowest BCUT2D eigenvalue weighted by Gasteiger charge is -2.36. The van der Waals surface area contributed by atoms with Crippen molar-refractivity contribution in [2.45, 2.75) is 128 Å². The SMILES string of the molecule is CC(C)(C)CC1(C(C)(C)C)CC1.CC(C)(C)CCC1(C(C)(C)C)CC1. The largest absolute Gasteiger partial charge is 0.0602 e. The maximum Gasteiger partial charge on any atom is -0.0243 e. The van der Waals surface area contributed by atoms with Gasteiger partial charge in [-0.2, -0.15) is 0 Å². The molecule has 0 heterocycles. The van der Waals surface area contributed by atoms with E-state index in [2.05, 4.69) is 83.1 Å². The summed E-state index contributed by atoms with van der Waals surface area (Å²) in [5, 5.41) is 0. The van der Waals surface area contributed by atoms with E-state index in [1.165, 1.54) is 44.9 Å². The lowest BCUT2D eigenvalue weighted by Crippen LogP contribution is -2.26. The molecule has 0 aromatic heterocycles. The minimum Gasteiger partial charge on any atom is -0.0602 e. The van der Waals surface area contributed by atoms with Gasteiger partial charge in [0.15, 0.2) is 0 Å². The maximum atomic E-state index is 2.41. The topological polar surface area (TPSA) is 0 Å². The predicted octanol–water partition coefficient (Wildman–Crippen LogP) is 8.89. The number of rotatable bonds is 3. The van der Waals surface area contributed by atoms with Crippen LogP contribution >= 0.6 is 0 Å². The molecule has 150 valence electrons. The van der Waals surface area contributed by atoms with Gasteiger partial charge in [-0.1, -0.05) is 83.1 Å². The zero-order chi connectivity index (χ0) is 19.9. The molecule has 0 saturated heterocycles. The van der Waals surface area contributed by atoms with Crippen LogP contribution in [-0.4, -0.2) is 0 Å². The van der Waals surface area contributed by atoms with Gasteiger partial charge in [-0.3, -0.25) is 0 Å². The molecule has 0 bridgehead atoms. The predicted molar refractivity (Wildman–Crippen MR) is 115 cm³/mol. The lowest BCUT2D eigenvalue weighted by atomic mass is 9.69. The monoisotopic (exact) mass is 350 g/mol.